The highest BCUT2D eigenvalue weighted by Gasteiger charge is 2.38. The van der Waals surface area contributed by atoms with E-state index in [2.05, 4.69) is 23.7 Å². The third kappa shape index (κ3) is 15.4. The molecule has 3 nitrogen and oxygen atoms in total. The predicted molar refractivity (Wildman–Crippen MR) is 223 cm³/mol. The molecule has 346 valence electrons. The number of alkyl halides is 3. The maximum absolute atomic E-state index is 14.7. The van der Waals surface area contributed by atoms with E-state index < -0.39 is 58.6 Å². The molecule has 4 rings (SSSR count). The second kappa shape index (κ2) is 25.8. The van der Waals surface area contributed by atoms with Crippen LogP contribution in [0.5, 0.6) is 17.2 Å². The molecule has 0 saturated heterocycles. The Hall–Kier alpha value is -5.37. The van der Waals surface area contributed by atoms with Crippen LogP contribution in [0.4, 0.5) is 48.3 Å². The summed E-state index contributed by atoms with van der Waals surface area (Å²) in [5.41, 5.74) is -1.27. The lowest BCUT2D eigenvalue weighted by molar-refractivity contribution is -0.178. The maximum atomic E-state index is 14.7. The molecule has 1 atom stereocenters. The molecule has 64 heavy (non-hydrogen) atoms. The average Bonchev–Trinajstić information content (AvgIpc) is 3.26. The third-order valence-corrected chi connectivity index (χ3v) is 10.4. The van der Waals surface area contributed by atoms with Gasteiger partial charge in [0, 0.05) is 0 Å². The Labute approximate surface area is 367 Å². The minimum atomic E-state index is -4.29. The van der Waals surface area contributed by atoms with Gasteiger partial charge in [0.2, 0.25) is 17.5 Å². The predicted octanol–water partition coefficient (Wildman–Crippen LogP) is 14.8. The zero-order chi connectivity index (χ0) is 46.6. The standard InChI is InChI=1S/C50H51F11O3/c1-3-30-62-39-27-24-36(44(53)47(39)56)22-23-37-26-29-41(49(58)46(37)55)64-32-15-11-7-5-9-13-17-38(50(59,60)61)16-12-8-4-6-10-14-31-63-40-28-25-35(45(54)48(40)57)21-20-34-19-18-33(2)42(51)43(34)52/h18-19,24-29,38H,3-17,30-32H2,1-2H3. The topological polar surface area (TPSA) is 27.7 Å². The van der Waals surface area contributed by atoms with Crippen LogP contribution in [0.3, 0.4) is 0 Å². The number of hydrogen-bond acceptors (Lipinski definition) is 3. The molecule has 4 aromatic carbocycles. The van der Waals surface area contributed by atoms with Gasteiger partial charge in [-0.15, -0.1) is 0 Å². The minimum Gasteiger partial charge on any atom is -0.490 e. The number of unbranched alkanes of at least 4 members (excludes halogenated alkanes) is 10. The first kappa shape index (κ1) is 51.3. The summed E-state index contributed by atoms with van der Waals surface area (Å²) in [6, 6.07) is 9.71. The Bertz CT molecular complexity index is 2270. The highest BCUT2D eigenvalue weighted by molar-refractivity contribution is 5.49. The second-order valence-corrected chi connectivity index (χ2v) is 15.4. The summed E-state index contributed by atoms with van der Waals surface area (Å²) in [7, 11) is 0. The van der Waals surface area contributed by atoms with Crippen LogP contribution in [-0.2, 0) is 0 Å². The molecule has 0 aliphatic rings. The van der Waals surface area contributed by atoms with Gasteiger partial charge in [-0.05, 0) is 87.1 Å². The summed E-state index contributed by atoms with van der Waals surface area (Å²) in [5, 5.41) is 0. The number of hydrogen-bond donors (Lipinski definition) is 0. The molecule has 14 heteroatoms. The summed E-state index contributed by atoms with van der Waals surface area (Å²) >= 11 is 0. The molecule has 0 aliphatic heterocycles. The lowest BCUT2D eigenvalue weighted by Gasteiger charge is -2.20. The van der Waals surface area contributed by atoms with E-state index in [1.165, 1.54) is 55.5 Å². The zero-order valence-electron chi connectivity index (χ0n) is 35.8. The van der Waals surface area contributed by atoms with Gasteiger partial charge in [-0.2, -0.15) is 26.3 Å². The van der Waals surface area contributed by atoms with Crippen LogP contribution in [0.1, 0.15) is 131 Å². The van der Waals surface area contributed by atoms with Crippen molar-refractivity contribution in [2.24, 2.45) is 5.92 Å². The van der Waals surface area contributed by atoms with Gasteiger partial charge in [-0.1, -0.05) is 101 Å². The van der Waals surface area contributed by atoms with E-state index in [1.807, 2.05) is 0 Å². The lowest BCUT2D eigenvalue weighted by Crippen LogP contribution is -2.22. The summed E-state index contributed by atoms with van der Waals surface area (Å²) < 4.78 is 172. The van der Waals surface area contributed by atoms with Crippen LogP contribution >= 0.6 is 0 Å². The minimum absolute atomic E-state index is 0.0390. The van der Waals surface area contributed by atoms with E-state index in [9.17, 15) is 48.3 Å². The molecular formula is C50H51F11O3. The largest absolute Gasteiger partial charge is 0.490 e. The molecule has 1 unspecified atom stereocenters. The number of benzene rings is 4. The average molecular weight is 909 g/mol. The van der Waals surface area contributed by atoms with Gasteiger partial charge in [0.1, 0.15) is 0 Å². The molecule has 4 aromatic rings. The van der Waals surface area contributed by atoms with Crippen LogP contribution in [-0.4, -0.2) is 26.0 Å². The smallest absolute Gasteiger partial charge is 0.391 e. The van der Waals surface area contributed by atoms with Gasteiger partial charge < -0.3 is 14.2 Å². The first-order chi connectivity index (χ1) is 30.6. The van der Waals surface area contributed by atoms with Gasteiger partial charge in [0.25, 0.3) is 0 Å². The number of aryl methyl sites for hydroxylation is 1. The van der Waals surface area contributed by atoms with E-state index in [4.69, 9.17) is 14.2 Å². The molecule has 0 radical (unpaired) electrons. The Morgan fingerprint density at radius 1 is 0.406 bits per heavy atom. The van der Waals surface area contributed by atoms with Gasteiger partial charge >= 0.3 is 6.18 Å². The van der Waals surface area contributed by atoms with Crippen molar-refractivity contribution < 1.29 is 62.5 Å². The first-order valence-corrected chi connectivity index (χ1v) is 21.5. The van der Waals surface area contributed by atoms with Crippen molar-refractivity contribution in [3.63, 3.8) is 0 Å². The zero-order valence-corrected chi connectivity index (χ0v) is 35.8. The Kier molecular flexibility index (Phi) is 20.7. The normalized spacial score (nSPS) is 11.7. The van der Waals surface area contributed by atoms with Crippen LogP contribution in [0.25, 0.3) is 0 Å². The van der Waals surface area contributed by atoms with E-state index in [0.717, 1.165) is 19.3 Å². The summed E-state index contributed by atoms with van der Waals surface area (Å²) in [4.78, 5) is 0. The van der Waals surface area contributed by atoms with Crippen molar-refractivity contribution in [3.05, 3.63) is 123 Å². The molecule has 0 fully saturated rings. The third-order valence-electron chi connectivity index (χ3n) is 10.4. The SMILES string of the molecule is CCCOc1ccc(C#Cc2ccc(OCCCCCCCCC(CCCCCCCCOc3ccc(C#Cc4ccc(C)c(F)c4F)c(F)c3F)C(F)(F)F)c(F)c2F)c(F)c1F. The monoisotopic (exact) mass is 908 g/mol. The van der Waals surface area contributed by atoms with E-state index in [1.54, 1.807) is 6.92 Å². The molecule has 0 bridgehead atoms. The maximum Gasteiger partial charge on any atom is 0.391 e. The fraction of sp³-hybridized carbons (Fsp3) is 0.440. The van der Waals surface area contributed by atoms with Gasteiger partial charge in [-0.3, -0.25) is 0 Å². The van der Waals surface area contributed by atoms with Crippen molar-refractivity contribution >= 4 is 0 Å². The van der Waals surface area contributed by atoms with Gasteiger partial charge in [-0.25, -0.2) is 22.0 Å². The van der Waals surface area contributed by atoms with Crippen LogP contribution in [0.2, 0.25) is 0 Å². The van der Waals surface area contributed by atoms with Crippen molar-refractivity contribution in [3.8, 4) is 40.9 Å². The molecule has 0 heterocycles. The van der Waals surface area contributed by atoms with E-state index in [-0.39, 0.29) is 77.7 Å². The highest BCUT2D eigenvalue weighted by Crippen LogP contribution is 2.35. The molecule has 0 aliphatic carbocycles. The Balaban J connectivity index is 1.05. The van der Waals surface area contributed by atoms with E-state index >= 15 is 0 Å². The molecule has 0 saturated carbocycles. The molecule has 0 N–H and O–H groups in total. The van der Waals surface area contributed by atoms with Crippen LogP contribution in [0.15, 0.2) is 48.5 Å². The van der Waals surface area contributed by atoms with Crippen molar-refractivity contribution in [2.45, 2.75) is 116 Å². The quantitative estimate of drug-likeness (QED) is 0.0422. The molecule has 0 aromatic heterocycles. The second-order valence-electron chi connectivity index (χ2n) is 15.4. The number of rotatable bonds is 23. The lowest BCUT2D eigenvalue weighted by atomic mass is 9.93. The molecule has 0 amide bonds. The van der Waals surface area contributed by atoms with Crippen molar-refractivity contribution in [1.82, 2.24) is 0 Å². The van der Waals surface area contributed by atoms with Gasteiger partial charge in [0.05, 0.1) is 48.0 Å². The van der Waals surface area contributed by atoms with Crippen molar-refractivity contribution in [2.75, 3.05) is 19.8 Å². The number of ether oxygens (including phenoxy) is 3. The molecule has 0 spiro atoms. The fourth-order valence-electron chi connectivity index (χ4n) is 6.68. The summed E-state index contributed by atoms with van der Waals surface area (Å²) in [5.74, 6) is -2.89. The summed E-state index contributed by atoms with van der Waals surface area (Å²) in [6.45, 7) is 3.56. The highest BCUT2D eigenvalue weighted by atomic mass is 19.4. The fourth-order valence-corrected chi connectivity index (χ4v) is 6.68. The van der Waals surface area contributed by atoms with E-state index in [0.29, 0.717) is 64.2 Å². The van der Waals surface area contributed by atoms with Crippen LogP contribution < -0.4 is 14.2 Å². The molecular weight excluding hydrogens is 858 g/mol. The summed E-state index contributed by atoms with van der Waals surface area (Å²) in [6.07, 6.45) is 3.77. The number of halogens is 11. The van der Waals surface area contributed by atoms with Crippen LogP contribution in [0, 0.1) is 83.1 Å². The Morgan fingerprint density at radius 3 is 1.08 bits per heavy atom. The Morgan fingerprint density at radius 2 is 0.719 bits per heavy atom. The van der Waals surface area contributed by atoms with Crippen molar-refractivity contribution in [1.29, 1.82) is 0 Å². The van der Waals surface area contributed by atoms with Gasteiger partial charge in [0.15, 0.2) is 46.3 Å². The first-order valence-electron chi connectivity index (χ1n) is 21.5.